The van der Waals surface area contributed by atoms with E-state index in [0.717, 1.165) is 13.8 Å². The molecule has 0 aliphatic rings. The molecule has 2 aromatic heterocycles. The standard InChI is InChI=1S/C22H20F5N5/c1-21(2,22(25,26)27)8-7-13-9-14(23)11-15(10-13)31(3)19-18-16(24)5-4-6-17(18)32-12-28-30-20(32)29-19/h4-6,9-12H,7-8H2,1-3H3. The summed E-state index contributed by atoms with van der Waals surface area (Å²) in [6, 6.07) is 8.53. The number of hydrogen-bond donors (Lipinski definition) is 0. The van der Waals surface area contributed by atoms with E-state index in [2.05, 4.69) is 15.2 Å². The molecule has 0 saturated carbocycles. The number of benzene rings is 2. The van der Waals surface area contributed by atoms with Crippen molar-refractivity contribution in [3.8, 4) is 0 Å². The molecule has 10 heteroatoms. The van der Waals surface area contributed by atoms with Crippen LogP contribution in [-0.2, 0) is 6.42 Å². The third-order valence-corrected chi connectivity index (χ3v) is 5.66. The highest BCUT2D eigenvalue weighted by Crippen LogP contribution is 2.41. The Morgan fingerprint density at radius 2 is 1.81 bits per heavy atom. The summed E-state index contributed by atoms with van der Waals surface area (Å²) < 4.78 is 70.3. The SMILES string of the molecule is CN(c1cc(F)cc(CCC(C)(C)C(F)(F)F)c1)c1nc2nncn2c2cccc(F)c12. The monoisotopic (exact) mass is 449 g/mol. The summed E-state index contributed by atoms with van der Waals surface area (Å²) in [5, 5.41) is 7.92. The number of hydrogen-bond acceptors (Lipinski definition) is 4. The molecule has 0 radical (unpaired) electrons. The fourth-order valence-corrected chi connectivity index (χ4v) is 3.50. The first-order chi connectivity index (χ1) is 15.0. The van der Waals surface area contributed by atoms with Crippen LogP contribution in [0.2, 0.25) is 0 Å². The summed E-state index contributed by atoms with van der Waals surface area (Å²) in [6.45, 7) is 2.23. The van der Waals surface area contributed by atoms with Crippen LogP contribution in [0.15, 0.2) is 42.7 Å². The first kappa shape index (κ1) is 21.9. The van der Waals surface area contributed by atoms with Gasteiger partial charge in [-0.25, -0.2) is 8.78 Å². The van der Waals surface area contributed by atoms with Gasteiger partial charge < -0.3 is 4.90 Å². The van der Waals surface area contributed by atoms with E-state index in [1.807, 2.05) is 0 Å². The molecule has 4 rings (SSSR count). The highest BCUT2D eigenvalue weighted by Gasteiger charge is 2.46. The van der Waals surface area contributed by atoms with Crippen LogP contribution in [0, 0.1) is 17.0 Å². The van der Waals surface area contributed by atoms with Crippen molar-refractivity contribution in [3.05, 3.63) is 59.9 Å². The van der Waals surface area contributed by atoms with Crippen LogP contribution in [0.3, 0.4) is 0 Å². The number of fused-ring (bicyclic) bond motifs is 3. The summed E-state index contributed by atoms with van der Waals surface area (Å²) in [5.74, 6) is -0.724. The Bertz CT molecular complexity index is 1300. The van der Waals surface area contributed by atoms with Crippen molar-refractivity contribution in [1.29, 1.82) is 0 Å². The second-order valence-corrected chi connectivity index (χ2v) is 8.33. The number of alkyl halides is 3. The third-order valence-electron chi connectivity index (χ3n) is 5.66. The molecule has 0 amide bonds. The summed E-state index contributed by atoms with van der Waals surface area (Å²) in [6.07, 6.45) is -3.13. The van der Waals surface area contributed by atoms with Crippen LogP contribution < -0.4 is 4.90 Å². The minimum Gasteiger partial charge on any atom is -0.329 e. The maximum atomic E-state index is 14.8. The van der Waals surface area contributed by atoms with Crippen molar-refractivity contribution in [2.45, 2.75) is 32.9 Å². The lowest BCUT2D eigenvalue weighted by Crippen LogP contribution is -2.32. The zero-order valence-electron chi connectivity index (χ0n) is 17.6. The van der Waals surface area contributed by atoms with Crippen LogP contribution >= 0.6 is 0 Å². The van der Waals surface area contributed by atoms with Gasteiger partial charge >= 0.3 is 6.18 Å². The van der Waals surface area contributed by atoms with Crippen molar-refractivity contribution in [3.63, 3.8) is 0 Å². The summed E-state index contributed by atoms with van der Waals surface area (Å²) in [5.41, 5.74) is -0.709. The second-order valence-electron chi connectivity index (χ2n) is 8.33. The second kappa shape index (κ2) is 7.68. The smallest absolute Gasteiger partial charge is 0.329 e. The molecule has 0 aliphatic carbocycles. The van der Waals surface area contributed by atoms with E-state index in [9.17, 15) is 22.0 Å². The van der Waals surface area contributed by atoms with E-state index in [1.165, 1.54) is 33.8 Å². The Balaban J connectivity index is 1.75. The molecule has 0 saturated heterocycles. The molecule has 168 valence electrons. The average molecular weight is 449 g/mol. The van der Waals surface area contributed by atoms with Crippen LogP contribution in [0.25, 0.3) is 16.7 Å². The van der Waals surface area contributed by atoms with Crippen molar-refractivity contribution in [2.75, 3.05) is 11.9 Å². The number of aromatic nitrogens is 4. The van der Waals surface area contributed by atoms with Gasteiger partial charge in [0.2, 0.25) is 0 Å². The largest absolute Gasteiger partial charge is 0.393 e. The first-order valence-corrected chi connectivity index (χ1v) is 9.86. The van der Waals surface area contributed by atoms with Crippen molar-refractivity contribution in [1.82, 2.24) is 19.6 Å². The van der Waals surface area contributed by atoms with Gasteiger partial charge in [-0.15, -0.1) is 10.2 Å². The number of nitrogens with zero attached hydrogens (tertiary/aromatic N) is 5. The molecule has 0 N–H and O–H groups in total. The molecule has 4 aromatic rings. The van der Waals surface area contributed by atoms with E-state index in [1.54, 1.807) is 25.2 Å². The lowest BCUT2D eigenvalue weighted by molar-refractivity contribution is -0.213. The highest BCUT2D eigenvalue weighted by molar-refractivity contribution is 5.93. The minimum absolute atomic E-state index is 0.0247. The number of aryl methyl sites for hydroxylation is 1. The van der Waals surface area contributed by atoms with Crippen molar-refractivity contribution < 1.29 is 22.0 Å². The van der Waals surface area contributed by atoms with Crippen LogP contribution in [0.5, 0.6) is 0 Å². The van der Waals surface area contributed by atoms with Gasteiger partial charge in [0.1, 0.15) is 23.8 Å². The van der Waals surface area contributed by atoms with Crippen molar-refractivity contribution in [2.24, 2.45) is 5.41 Å². The van der Waals surface area contributed by atoms with Crippen LogP contribution in [0.1, 0.15) is 25.8 Å². The first-order valence-electron chi connectivity index (χ1n) is 9.86. The predicted octanol–water partition coefficient (Wildman–Crippen LogP) is 5.84. The minimum atomic E-state index is -4.37. The summed E-state index contributed by atoms with van der Waals surface area (Å²) in [4.78, 5) is 5.87. The van der Waals surface area contributed by atoms with Gasteiger partial charge in [-0.2, -0.15) is 18.2 Å². The Morgan fingerprint density at radius 3 is 2.53 bits per heavy atom. The molecular weight excluding hydrogens is 429 g/mol. The Kier molecular flexibility index (Phi) is 5.26. The molecule has 0 aliphatic heterocycles. The molecule has 0 fully saturated rings. The van der Waals surface area contributed by atoms with Gasteiger partial charge in [-0.3, -0.25) is 4.40 Å². The van der Waals surface area contributed by atoms with E-state index in [4.69, 9.17) is 0 Å². The molecule has 2 aromatic carbocycles. The van der Waals surface area contributed by atoms with Gasteiger partial charge in [-0.1, -0.05) is 19.9 Å². The molecule has 0 spiro atoms. The lowest BCUT2D eigenvalue weighted by atomic mass is 9.85. The Morgan fingerprint density at radius 1 is 1.06 bits per heavy atom. The van der Waals surface area contributed by atoms with Gasteiger partial charge in [0.05, 0.1) is 16.3 Å². The quantitative estimate of drug-likeness (QED) is 0.359. The number of anilines is 2. The maximum Gasteiger partial charge on any atom is 0.393 e. The van der Waals surface area contributed by atoms with Gasteiger partial charge in [0.25, 0.3) is 5.78 Å². The molecule has 5 nitrogen and oxygen atoms in total. The number of rotatable bonds is 5. The zero-order chi connectivity index (χ0) is 23.3. The molecular formula is C22H20F5N5. The molecule has 32 heavy (non-hydrogen) atoms. The fourth-order valence-electron chi connectivity index (χ4n) is 3.50. The zero-order valence-corrected chi connectivity index (χ0v) is 17.6. The van der Waals surface area contributed by atoms with Crippen molar-refractivity contribution >= 4 is 28.2 Å². The lowest BCUT2D eigenvalue weighted by Gasteiger charge is -2.28. The van der Waals surface area contributed by atoms with Gasteiger partial charge in [0, 0.05) is 12.7 Å². The molecule has 0 atom stereocenters. The van der Waals surface area contributed by atoms with E-state index in [-0.39, 0.29) is 29.8 Å². The Hall–Kier alpha value is -3.30. The molecule has 0 unspecified atom stereocenters. The normalized spacial score (nSPS) is 12.6. The van der Waals surface area contributed by atoms with Gasteiger partial charge in [0.15, 0.2) is 0 Å². The Labute approximate surface area is 180 Å². The molecule has 0 bridgehead atoms. The number of halogens is 5. The van der Waals surface area contributed by atoms with E-state index < -0.39 is 23.2 Å². The third kappa shape index (κ3) is 3.85. The fraction of sp³-hybridized carbons (Fsp3) is 0.318. The van der Waals surface area contributed by atoms with Gasteiger partial charge in [-0.05, 0) is 48.7 Å². The van der Waals surface area contributed by atoms with E-state index in [0.29, 0.717) is 16.8 Å². The average Bonchev–Trinajstić information content (AvgIpc) is 3.19. The maximum absolute atomic E-state index is 14.8. The van der Waals surface area contributed by atoms with Crippen LogP contribution in [0.4, 0.5) is 33.5 Å². The summed E-state index contributed by atoms with van der Waals surface area (Å²) in [7, 11) is 1.58. The van der Waals surface area contributed by atoms with E-state index >= 15 is 0 Å². The summed E-state index contributed by atoms with van der Waals surface area (Å²) >= 11 is 0. The topological polar surface area (TPSA) is 46.3 Å². The van der Waals surface area contributed by atoms with Crippen LogP contribution in [-0.4, -0.2) is 32.8 Å². The highest BCUT2D eigenvalue weighted by atomic mass is 19.4. The molecule has 2 heterocycles. The predicted molar refractivity (Wildman–Crippen MR) is 111 cm³/mol.